The van der Waals surface area contributed by atoms with Gasteiger partial charge in [0.2, 0.25) is 0 Å². The molecule has 2 atom stereocenters. The largest absolute Gasteiger partial charge is 0.492 e. The van der Waals surface area contributed by atoms with Crippen LogP contribution in [0.2, 0.25) is 0 Å². The number of terminal acetylenes is 1. The Kier molecular flexibility index (Phi) is 2.76. The number of nitrogens with two attached hydrogens (primary N) is 1. The summed E-state index contributed by atoms with van der Waals surface area (Å²) >= 11 is 0. The first-order valence-corrected chi connectivity index (χ1v) is 3.52. The molecule has 1 rings (SSSR count). The normalized spacial score (nSPS) is 23.8. The van der Waals surface area contributed by atoms with E-state index >= 15 is 0 Å². The molecule has 0 radical (unpaired) electrons. The molecule has 0 aromatic carbocycles. The lowest BCUT2D eigenvalue weighted by molar-refractivity contribution is 0.158. The maximum atomic E-state index is 5.71. The molecule has 0 aliphatic carbocycles. The fraction of sp³-hybridized carbons (Fsp3) is 0.333. The molecule has 11 heavy (non-hydrogen) atoms. The zero-order chi connectivity index (χ0) is 8.10. The SMILES string of the molecule is C#CCC(N)C1C=CC=CO1. The van der Waals surface area contributed by atoms with Crippen molar-refractivity contribution in [2.24, 2.45) is 5.73 Å². The number of allylic oxidation sites excluding steroid dienone is 2. The number of hydrogen-bond acceptors (Lipinski definition) is 2. The van der Waals surface area contributed by atoms with Crippen LogP contribution < -0.4 is 5.73 Å². The van der Waals surface area contributed by atoms with Gasteiger partial charge in [-0.25, -0.2) is 0 Å². The Morgan fingerprint density at radius 3 is 3.00 bits per heavy atom. The quantitative estimate of drug-likeness (QED) is 0.589. The van der Waals surface area contributed by atoms with Gasteiger partial charge in [-0.1, -0.05) is 6.08 Å². The van der Waals surface area contributed by atoms with Crippen LogP contribution in [-0.2, 0) is 4.74 Å². The number of rotatable bonds is 2. The molecular weight excluding hydrogens is 138 g/mol. The van der Waals surface area contributed by atoms with Gasteiger partial charge in [0, 0.05) is 6.42 Å². The highest BCUT2D eigenvalue weighted by molar-refractivity contribution is 5.10. The minimum Gasteiger partial charge on any atom is -0.492 e. The van der Waals surface area contributed by atoms with Crippen molar-refractivity contribution in [3.8, 4) is 12.3 Å². The average Bonchev–Trinajstić information content (AvgIpc) is 2.07. The molecule has 2 unspecified atom stereocenters. The van der Waals surface area contributed by atoms with Gasteiger partial charge in [-0.15, -0.1) is 12.3 Å². The van der Waals surface area contributed by atoms with Crippen molar-refractivity contribution in [2.75, 3.05) is 0 Å². The van der Waals surface area contributed by atoms with Crippen molar-refractivity contribution in [3.63, 3.8) is 0 Å². The van der Waals surface area contributed by atoms with Crippen molar-refractivity contribution in [1.82, 2.24) is 0 Å². The Hall–Kier alpha value is -1.20. The van der Waals surface area contributed by atoms with Crippen LogP contribution in [0, 0.1) is 12.3 Å². The maximum absolute atomic E-state index is 5.71. The molecule has 0 saturated heterocycles. The summed E-state index contributed by atoms with van der Waals surface area (Å²) < 4.78 is 5.20. The van der Waals surface area contributed by atoms with E-state index in [1.54, 1.807) is 6.26 Å². The van der Waals surface area contributed by atoms with E-state index in [2.05, 4.69) is 5.92 Å². The molecule has 0 aromatic rings. The average molecular weight is 149 g/mol. The summed E-state index contributed by atoms with van der Waals surface area (Å²) in [6, 6.07) is -0.0961. The van der Waals surface area contributed by atoms with E-state index in [0.29, 0.717) is 6.42 Å². The van der Waals surface area contributed by atoms with Crippen LogP contribution in [0.1, 0.15) is 6.42 Å². The van der Waals surface area contributed by atoms with E-state index in [1.165, 1.54) is 0 Å². The van der Waals surface area contributed by atoms with Gasteiger partial charge >= 0.3 is 0 Å². The summed E-state index contributed by atoms with van der Waals surface area (Å²) in [4.78, 5) is 0. The third-order valence-corrected chi connectivity index (χ3v) is 1.50. The Labute approximate surface area is 66.7 Å². The minimum absolute atomic E-state index is 0.0592. The Bertz CT molecular complexity index is 212. The highest BCUT2D eigenvalue weighted by Gasteiger charge is 2.14. The van der Waals surface area contributed by atoms with Crippen molar-refractivity contribution in [1.29, 1.82) is 0 Å². The predicted octanol–water partition coefficient (Wildman–Crippen LogP) is 0.806. The van der Waals surface area contributed by atoms with Crippen molar-refractivity contribution >= 4 is 0 Å². The highest BCUT2D eigenvalue weighted by Crippen LogP contribution is 2.07. The highest BCUT2D eigenvalue weighted by atomic mass is 16.5. The second-order valence-electron chi connectivity index (χ2n) is 2.39. The first-order valence-electron chi connectivity index (χ1n) is 3.52. The van der Waals surface area contributed by atoms with Crippen LogP contribution in [0.25, 0.3) is 0 Å². The van der Waals surface area contributed by atoms with E-state index in [0.717, 1.165) is 0 Å². The zero-order valence-corrected chi connectivity index (χ0v) is 6.23. The molecular formula is C9H11NO. The Morgan fingerprint density at radius 2 is 2.45 bits per heavy atom. The van der Waals surface area contributed by atoms with Crippen LogP contribution in [-0.4, -0.2) is 12.1 Å². The molecule has 2 nitrogen and oxygen atoms in total. The van der Waals surface area contributed by atoms with E-state index in [9.17, 15) is 0 Å². The molecule has 1 aliphatic rings. The van der Waals surface area contributed by atoms with E-state index in [1.807, 2.05) is 18.2 Å². The minimum atomic E-state index is -0.0961. The molecule has 0 bridgehead atoms. The van der Waals surface area contributed by atoms with Gasteiger partial charge in [0.15, 0.2) is 0 Å². The van der Waals surface area contributed by atoms with Gasteiger partial charge in [-0.3, -0.25) is 0 Å². The topological polar surface area (TPSA) is 35.2 Å². The zero-order valence-electron chi connectivity index (χ0n) is 6.23. The van der Waals surface area contributed by atoms with Gasteiger partial charge in [0.25, 0.3) is 0 Å². The lowest BCUT2D eigenvalue weighted by Gasteiger charge is -2.19. The molecule has 2 heteroatoms. The van der Waals surface area contributed by atoms with Crippen LogP contribution in [0.5, 0.6) is 0 Å². The summed E-state index contributed by atoms with van der Waals surface area (Å²) in [5.74, 6) is 2.50. The molecule has 0 spiro atoms. The Morgan fingerprint density at radius 1 is 1.64 bits per heavy atom. The summed E-state index contributed by atoms with van der Waals surface area (Å²) in [5, 5.41) is 0. The van der Waals surface area contributed by atoms with Gasteiger partial charge in [0.05, 0.1) is 12.3 Å². The van der Waals surface area contributed by atoms with Gasteiger partial charge in [-0.05, 0) is 12.2 Å². The van der Waals surface area contributed by atoms with Crippen molar-refractivity contribution in [2.45, 2.75) is 18.6 Å². The number of hydrogen-bond donors (Lipinski definition) is 1. The van der Waals surface area contributed by atoms with E-state index < -0.39 is 0 Å². The monoisotopic (exact) mass is 149 g/mol. The smallest absolute Gasteiger partial charge is 0.132 e. The summed E-state index contributed by atoms with van der Waals surface area (Å²) in [6.07, 6.45) is 12.9. The molecule has 2 N–H and O–H groups in total. The maximum Gasteiger partial charge on any atom is 0.132 e. The molecule has 0 aromatic heterocycles. The summed E-state index contributed by atoms with van der Waals surface area (Å²) in [5.41, 5.74) is 5.71. The third-order valence-electron chi connectivity index (χ3n) is 1.50. The lowest BCUT2D eigenvalue weighted by atomic mass is 10.1. The molecule has 0 saturated carbocycles. The number of ether oxygens (including phenoxy) is 1. The Balaban J connectivity index is 2.43. The van der Waals surface area contributed by atoms with Crippen LogP contribution in [0.15, 0.2) is 24.5 Å². The predicted molar refractivity (Wildman–Crippen MR) is 44.6 cm³/mol. The van der Waals surface area contributed by atoms with Gasteiger partial charge in [0.1, 0.15) is 6.10 Å². The van der Waals surface area contributed by atoms with E-state index in [-0.39, 0.29) is 12.1 Å². The standard InChI is InChI=1S/C9H11NO/c1-2-5-8(10)9-6-3-4-7-11-9/h1,3-4,6-9H,5,10H2. The third kappa shape index (κ3) is 2.14. The van der Waals surface area contributed by atoms with E-state index in [4.69, 9.17) is 16.9 Å². The first kappa shape index (κ1) is 7.90. The van der Waals surface area contributed by atoms with Crippen molar-refractivity contribution in [3.05, 3.63) is 24.5 Å². The van der Waals surface area contributed by atoms with Crippen LogP contribution in [0.4, 0.5) is 0 Å². The lowest BCUT2D eigenvalue weighted by Crippen LogP contribution is -2.34. The first-order chi connectivity index (χ1) is 5.34. The molecule has 58 valence electrons. The second-order valence-corrected chi connectivity index (χ2v) is 2.39. The summed E-state index contributed by atoms with van der Waals surface area (Å²) in [6.45, 7) is 0. The van der Waals surface area contributed by atoms with Crippen LogP contribution >= 0.6 is 0 Å². The molecule has 1 aliphatic heterocycles. The molecule has 0 fully saturated rings. The molecule has 0 amide bonds. The fourth-order valence-corrected chi connectivity index (χ4v) is 0.896. The second kappa shape index (κ2) is 3.85. The fourth-order valence-electron chi connectivity index (χ4n) is 0.896. The van der Waals surface area contributed by atoms with Gasteiger partial charge in [-0.2, -0.15) is 0 Å². The van der Waals surface area contributed by atoms with Crippen LogP contribution in [0.3, 0.4) is 0 Å². The molecule has 1 heterocycles. The van der Waals surface area contributed by atoms with Crippen molar-refractivity contribution < 1.29 is 4.74 Å². The summed E-state index contributed by atoms with van der Waals surface area (Å²) in [7, 11) is 0. The van der Waals surface area contributed by atoms with Gasteiger partial charge < -0.3 is 10.5 Å².